The lowest BCUT2D eigenvalue weighted by Gasteiger charge is -2.06. The van der Waals surface area contributed by atoms with Gasteiger partial charge in [-0.3, -0.25) is 0 Å². The van der Waals surface area contributed by atoms with Gasteiger partial charge in [0.1, 0.15) is 0 Å². The van der Waals surface area contributed by atoms with Crippen molar-refractivity contribution in [3.63, 3.8) is 0 Å². The second-order valence-corrected chi connectivity index (χ2v) is 5.45. The first-order valence-corrected chi connectivity index (χ1v) is 5.99. The van der Waals surface area contributed by atoms with E-state index in [1.54, 1.807) is 6.92 Å². The van der Waals surface area contributed by atoms with E-state index in [4.69, 9.17) is 5.73 Å². The molecule has 0 amide bonds. The highest BCUT2D eigenvalue weighted by molar-refractivity contribution is 7.91. The van der Waals surface area contributed by atoms with Gasteiger partial charge in [-0.25, -0.2) is 13.1 Å². The maximum absolute atomic E-state index is 11.5. The van der Waals surface area contributed by atoms with E-state index in [1.165, 1.54) is 6.08 Å². The van der Waals surface area contributed by atoms with Crippen LogP contribution in [-0.4, -0.2) is 24.7 Å². The van der Waals surface area contributed by atoms with Gasteiger partial charge in [-0.15, -0.1) is 16.8 Å². The summed E-state index contributed by atoms with van der Waals surface area (Å²) in [7, 11) is -3.61. The van der Waals surface area contributed by atoms with Crippen LogP contribution in [0, 0.1) is 0 Å². The molecule has 78 valence electrons. The van der Waals surface area contributed by atoms with Crippen LogP contribution in [0.1, 0.15) is 6.92 Å². The third-order valence-electron chi connectivity index (χ3n) is 1.35. The first-order chi connectivity index (χ1) is 6.45. The molecule has 1 unspecified atom stereocenters. The highest BCUT2D eigenvalue weighted by Gasteiger charge is 2.20. The number of hydrogen-bond acceptors (Lipinski definition) is 6. The second kappa shape index (κ2) is 4.03. The van der Waals surface area contributed by atoms with Gasteiger partial charge in [0.2, 0.25) is 9.47 Å². The maximum Gasteiger partial charge on any atom is 0.270 e. The van der Waals surface area contributed by atoms with E-state index >= 15 is 0 Å². The Bertz CT molecular complexity index is 425. The van der Waals surface area contributed by atoms with Crippen LogP contribution in [0.5, 0.6) is 0 Å². The predicted molar refractivity (Wildman–Crippen MR) is 54.3 cm³/mol. The molecule has 0 saturated carbocycles. The summed E-state index contributed by atoms with van der Waals surface area (Å²) in [6, 6.07) is -0.356. The Hall–Kier alpha value is -0.990. The van der Waals surface area contributed by atoms with Crippen LogP contribution in [0.4, 0.5) is 5.13 Å². The van der Waals surface area contributed by atoms with E-state index in [-0.39, 0.29) is 15.5 Å². The molecular formula is C6H10N4O2S2. The van der Waals surface area contributed by atoms with Gasteiger partial charge in [0, 0.05) is 6.04 Å². The van der Waals surface area contributed by atoms with Crippen molar-refractivity contribution in [3.05, 3.63) is 12.7 Å². The smallest absolute Gasteiger partial charge is 0.270 e. The standard InChI is InChI=1S/C6H10N4O2S2/c1-3-4(2)10-14(11,12)6-9-8-5(7)13-6/h3-4,10H,1H2,2H3,(H2,7,8). The summed E-state index contributed by atoms with van der Waals surface area (Å²) in [5, 5.41) is 6.97. The molecule has 0 bridgehead atoms. The van der Waals surface area contributed by atoms with Gasteiger partial charge >= 0.3 is 0 Å². The minimum absolute atomic E-state index is 0.122. The number of nitrogens with one attached hydrogen (secondary N) is 1. The Labute approximate surface area is 85.9 Å². The van der Waals surface area contributed by atoms with Crippen LogP contribution >= 0.6 is 11.3 Å². The van der Waals surface area contributed by atoms with E-state index in [1.807, 2.05) is 0 Å². The van der Waals surface area contributed by atoms with E-state index in [0.29, 0.717) is 0 Å². The number of hydrogen-bond donors (Lipinski definition) is 2. The first kappa shape index (κ1) is 11.1. The molecule has 0 fully saturated rings. The van der Waals surface area contributed by atoms with Crippen molar-refractivity contribution in [2.24, 2.45) is 0 Å². The Kier molecular flexibility index (Phi) is 3.19. The van der Waals surface area contributed by atoms with Gasteiger partial charge in [0.15, 0.2) is 0 Å². The molecule has 6 nitrogen and oxygen atoms in total. The lowest BCUT2D eigenvalue weighted by Crippen LogP contribution is -2.30. The lowest BCUT2D eigenvalue weighted by atomic mass is 10.4. The lowest BCUT2D eigenvalue weighted by molar-refractivity contribution is 0.574. The molecule has 1 aromatic rings. The molecule has 0 aliphatic carbocycles. The average Bonchev–Trinajstić information content (AvgIpc) is 2.51. The third kappa shape index (κ3) is 2.50. The Balaban J connectivity index is 2.91. The van der Waals surface area contributed by atoms with Crippen molar-refractivity contribution in [1.82, 2.24) is 14.9 Å². The first-order valence-electron chi connectivity index (χ1n) is 3.69. The van der Waals surface area contributed by atoms with Gasteiger partial charge in [0.25, 0.3) is 10.0 Å². The van der Waals surface area contributed by atoms with E-state index in [2.05, 4.69) is 21.5 Å². The van der Waals surface area contributed by atoms with Crippen molar-refractivity contribution < 1.29 is 8.42 Å². The topological polar surface area (TPSA) is 98.0 Å². The molecule has 3 N–H and O–H groups in total. The van der Waals surface area contributed by atoms with Crippen molar-refractivity contribution in [1.29, 1.82) is 0 Å². The fraction of sp³-hybridized carbons (Fsp3) is 0.333. The van der Waals surface area contributed by atoms with Gasteiger partial charge < -0.3 is 5.73 Å². The van der Waals surface area contributed by atoms with Crippen molar-refractivity contribution >= 4 is 26.5 Å². The highest BCUT2D eigenvalue weighted by atomic mass is 32.2. The number of anilines is 1. The van der Waals surface area contributed by atoms with Crippen molar-refractivity contribution in [2.75, 3.05) is 5.73 Å². The van der Waals surface area contributed by atoms with Gasteiger partial charge in [0.05, 0.1) is 0 Å². The minimum Gasteiger partial charge on any atom is -0.374 e. The summed E-state index contributed by atoms with van der Waals surface area (Å²) in [4.78, 5) is 0. The Morgan fingerprint density at radius 3 is 2.71 bits per heavy atom. The molecular weight excluding hydrogens is 224 g/mol. The zero-order valence-corrected chi connectivity index (χ0v) is 9.10. The molecule has 1 rings (SSSR count). The van der Waals surface area contributed by atoms with Crippen LogP contribution in [0.25, 0.3) is 0 Å². The predicted octanol–water partition coefficient (Wildman–Crippen LogP) is -0.0269. The summed E-state index contributed by atoms with van der Waals surface area (Å²) >= 11 is 0.818. The highest BCUT2D eigenvalue weighted by Crippen LogP contribution is 2.16. The molecule has 8 heteroatoms. The van der Waals surface area contributed by atoms with Crippen molar-refractivity contribution in [2.45, 2.75) is 17.3 Å². The molecule has 14 heavy (non-hydrogen) atoms. The Morgan fingerprint density at radius 2 is 2.29 bits per heavy atom. The molecule has 0 aliphatic heterocycles. The van der Waals surface area contributed by atoms with Crippen LogP contribution in [0.3, 0.4) is 0 Å². The number of nitrogen functional groups attached to an aromatic ring is 1. The van der Waals surface area contributed by atoms with Gasteiger partial charge in [-0.1, -0.05) is 17.4 Å². The maximum atomic E-state index is 11.5. The van der Waals surface area contributed by atoms with Crippen LogP contribution < -0.4 is 10.5 Å². The average molecular weight is 234 g/mol. The fourth-order valence-electron chi connectivity index (χ4n) is 0.672. The molecule has 0 spiro atoms. The normalized spacial score (nSPS) is 13.8. The van der Waals surface area contributed by atoms with Gasteiger partial charge in [-0.2, -0.15) is 0 Å². The summed E-state index contributed by atoms with van der Waals surface area (Å²) < 4.78 is 25.2. The summed E-state index contributed by atoms with van der Waals surface area (Å²) in [6.07, 6.45) is 1.47. The molecule has 0 saturated heterocycles. The number of aromatic nitrogens is 2. The largest absolute Gasteiger partial charge is 0.374 e. The molecule has 1 aromatic heterocycles. The molecule has 0 aliphatic rings. The summed E-state index contributed by atoms with van der Waals surface area (Å²) in [6.45, 7) is 5.12. The van der Waals surface area contributed by atoms with Crippen molar-refractivity contribution in [3.8, 4) is 0 Å². The molecule has 0 radical (unpaired) electrons. The monoisotopic (exact) mass is 234 g/mol. The second-order valence-electron chi connectivity index (χ2n) is 2.55. The van der Waals surface area contributed by atoms with Gasteiger partial charge in [-0.05, 0) is 6.92 Å². The molecule has 1 atom stereocenters. The minimum atomic E-state index is -3.61. The number of nitrogens with zero attached hydrogens (tertiary/aromatic N) is 2. The molecule has 1 heterocycles. The summed E-state index contributed by atoms with van der Waals surface area (Å²) in [5.74, 6) is 0. The van der Waals surface area contributed by atoms with E-state index in [0.717, 1.165) is 11.3 Å². The zero-order valence-electron chi connectivity index (χ0n) is 7.47. The Morgan fingerprint density at radius 1 is 1.64 bits per heavy atom. The summed E-state index contributed by atoms with van der Waals surface area (Å²) in [5.41, 5.74) is 5.27. The fourth-order valence-corrected chi connectivity index (χ4v) is 2.69. The molecule has 0 aromatic carbocycles. The van der Waals surface area contributed by atoms with Crippen LogP contribution in [-0.2, 0) is 10.0 Å². The van der Waals surface area contributed by atoms with E-state index < -0.39 is 10.0 Å². The number of rotatable bonds is 4. The number of sulfonamides is 1. The van der Waals surface area contributed by atoms with Crippen LogP contribution in [0.2, 0.25) is 0 Å². The third-order valence-corrected chi connectivity index (χ3v) is 4.03. The quantitative estimate of drug-likeness (QED) is 0.713. The van der Waals surface area contributed by atoms with Crippen LogP contribution in [0.15, 0.2) is 17.0 Å². The SMILES string of the molecule is C=CC(C)NS(=O)(=O)c1nnc(N)s1. The zero-order chi connectivity index (χ0) is 10.8. The number of nitrogens with two attached hydrogens (primary N) is 1. The van der Waals surface area contributed by atoms with E-state index in [9.17, 15) is 8.42 Å².